The van der Waals surface area contributed by atoms with Crippen LogP contribution < -0.4 is 4.90 Å². The number of halogens is 1. The molecule has 0 N–H and O–H groups in total. The van der Waals surface area contributed by atoms with E-state index in [1.807, 2.05) is 11.0 Å². The summed E-state index contributed by atoms with van der Waals surface area (Å²) in [4.78, 5) is 13.8. The van der Waals surface area contributed by atoms with Crippen molar-refractivity contribution in [3.8, 4) is 0 Å². The Bertz CT molecular complexity index is 444. The number of rotatable bonds is 1. The maximum Gasteiger partial charge on any atom is 0.224 e. The summed E-state index contributed by atoms with van der Waals surface area (Å²) in [5.41, 5.74) is 2.36. The molecule has 1 unspecified atom stereocenters. The van der Waals surface area contributed by atoms with E-state index < -0.39 is 0 Å². The molecule has 0 spiro atoms. The maximum atomic E-state index is 11.9. The van der Waals surface area contributed by atoms with Gasteiger partial charge < -0.3 is 4.90 Å². The number of nitrogens with zero attached hydrogens (tertiary/aromatic N) is 1. The molecule has 2 nitrogen and oxygen atoms in total. The molecule has 2 rings (SSSR count). The van der Waals surface area contributed by atoms with Gasteiger partial charge in [0.05, 0.1) is 0 Å². The van der Waals surface area contributed by atoms with Gasteiger partial charge in [0.2, 0.25) is 5.91 Å². The number of carbonyl (C=O) groups is 1. The number of hydrogen-bond donors (Lipinski definition) is 0. The summed E-state index contributed by atoms with van der Waals surface area (Å²) in [6.07, 6.45) is 2.06. The van der Waals surface area contributed by atoms with Crippen molar-refractivity contribution in [2.75, 3.05) is 4.90 Å². The molecular weight excluding hydrogens is 278 g/mol. The Hall–Kier alpha value is -0.830. The molecule has 92 valence electrons. The summed E-state index contributed by atoms with van der Waals surface area (Å²) in [5.74, 6) is 0.665. The molecule has 1 aliphatic rings. The second-order valence-electron chi connectivity index (χ2n) is 4.82. The highest BCUT2D eigenvalue weighted by atomic mass is 79.9. The monoisotopic (exact) mass is 295 g/mol. The summed E-state index contributed by atoms with van der Waals surface area (Å²) in [6, 6.07) is 6.53. The predicted octanol–water partition coefficient (Wildman–Crippen LogP) is 3.77. The van der Waals surface area contributed by atoms with E-state index >= 15 is 0 Å². The highest BCUT2D eigenvalue weighted by molar-refractivity contribution is 9.10. The second kappa shape index (κ2) is 4.81. The van der Waals surface area contributed by atoms with Crippen molar-refractivity contribution >= 4 is 27.5 Å². The molecule has 0 aliphatic carbocycles. The quantitative estimate of drug-likeness (QED) is 0.772. The molecule has 1 aromatic rings. The molecule has 0 bridgehead atoms. The largest absolute Gasteiger partial charge is 0.309 e. The zero-order chi connectivity index (χ0) is 12.6. The standard InChI is InChI=1S/C14H18BrNO/c1-4-13-9(2)7-11-8-12(15)5-6-14(11)16(13)10(3)17/h5-6,8-9,13H,4,7H2,1-3H3/t9?,13-/m0/s1. The Morgan fingerprint density at radius 3 is 2.82 bits per heavy atom. The molecule has 1 amide bonds. The lowest BCUT2D eigenvalue weighted by Crippen LogP contribution is -2.46. The van der Waals surface area contributed by atoms with Gasteiger partial charge in [-0.25, -0.2) is 0 Å². The smallest absolute Gasteiger partial charge is 0.224 e. The predicted molar refractivity (Wildman–Crippen MR) is 74.2 cm³/mol. The third-order valence-electron chi connectivity index (χ3n) is 3.59. The zero-order valence-corrected chi connectivity index (χ0v) is 12.1. The van der Waals surface area contributed by atoms with Gasteiger partial charge >= 0.3 is 0 Å². The number of amides is 1. The van der Waals surface area contributed by atoms with Gasteiger partial charge in [0.1, 0.15) is 0 Å². The van der Waals surface area contributed by atoms with Gasteiger partial charge in [0.15, 0.2) is 0 Å². The molecule has 3 heteroatoms. The lowest BCUT2D eigenvalue weighted by atomic mass is 9.85. The van der Waals surface area contributed by atoms with Crippen LogP contribution in [0.1, 0.15) is 32.8 Å². The Kier molecular flexibility index (Phi) is 3.57. The minimum Gasteiger partial charge on any atom is -0.309 e. The topological polar surface area (TPSA) is 20.3 Å². The summed E-state index contributed by atoms with van der Waals surface area (Å²) >= 11 is 3.50. The van der Waals surface area contributed by atoms with Crippen LogP contribution >= 0.6 is 15.9 Å². The van der Waals surface area contributed by atoms with E-state index in [0.717, 1.165) is 23.0 Å². The summed E-state index contributed by atoms with van der Waals surface area (Å²) < 4.78 is 1.09. The fraction of sp³-hybridized carbons (Fsp3) is 0.500. The second-order valence-corrected chi connectivity index (χ2v) is 5.73. The molecule has 0 saturated heterocycles. The first-order valence-electron chi connectivity index (χ1n) is 6.12. The van der Waals surface area contributed by atoms with Gasteiger partial charge in [-0.05, 0) is 42.5 Å². The van der Waals surface area contributed by atoms with Crippen LogP contribution in [0.25, 0.3) is 0 Å². The van der Waals surface area contributed by atoms with Crippen LogP contribution in [0.3, 0.4) is 0 Å². The average molecular weight is 296 g/mol. The number of anilines is 1. The normalized spacial score (nSPS) is 23.4. The van der Waals surface area contributed by atoms with Crippen molar-refractivity contribution in [1.82, 2.24) is 0 Å². The van der Waals surface area contributed by atoms with E-state index in [9.17, 15) is 4.79 Å². The van der Waals surface area contributed by atoms with E-state index in [-0.39, 0.29) is 5.91 Å². The van der Waals surface area contributed by atoms with Crippen molar-refractivity contribution in [3.63, 3.8) is 0 Å². The number of benzene rings is 1. The van der Waals surface area contributed by atoms with E-state index in [4.69, 9.17) is 0 Å². The van der Waals surface area contributed by atoms with Crippen LogP contribution in [0.2, 0.25) is 0 Å². The summed E-state index contributed by atoms with van der Waals surface area (Å²) in [6.45, 7) is 6.04. The molecule has 0 radical (unpaired) electrons. The average Bonchev–Trinajstić information content (AvgIpc) is 2.26. The molecule has 2 atom stereocenters. The van der Waals surface area contributed by atoms with Gasteiger partial charge in [-0.2, -0.15) is 0 Å². The van der Waals surface area contributed by atoms with Crippen LogP contribution in [0.5, 0.6) is 0 Å². The minimum absolute atomic E-state index is 0.145. The van der Waals surface area contributed by atoms with Gasteiger partial charge in [-0.3, -0.25) is 4.79 Å². The lowest BCUT2D eigenvalue weighted by Gasteiger charge is -2.40. The lowest BCUT2D eigenvalue weighted by molar-refractivity contribution is -0.117. The SMILES string of the molecule is CC[C@H]1C(C)Cc2cc(Br)ccc2N1C(C)=O. The molecule has 17 heavy (non-hydrogen) atoms. The number of hydrogen-bond acceptors (Lipinski definition) is 1. The molecule has 0 fully saturated rings. The molecular formula is C14H18BrNO. The van der Waals surface area contributed by atoms with Gasteiger partial charge in [0, 0.05) is 23.1 Å². The van der Waals surface area contributed by atoms with Crippen LogP contribution in [0, 0.1) is 5.92 Å². The highest BCUT2D eigenvalue weighted by Crippen LogP contribution is 2.36. The molecule has 1 aromatic carbocycles. The Labute approximate surface area is 111 Å². The first-order valence-corrected chi connectivity index (χ1v) is 6.92. The molecule has 0 aromatic heterocycles. The van der Waals surface area contributed by atoms with Crippen molar-refractivity contribution < 1.29 is 4.79 Å². The maximum absolute atomic E-state index is 11.9. The molecule has 1 aliphatic heterocycles. The van der Waals surface area contributed by atoms with Crippen molar-refractivity contribution in [2.24, 2.45) is 5.92 Å². The Balaban J connectivity index is 2.51. The van der Waals surface area contributed by atoms with Crippen molar-refractivity contribution in [2.45, 2.75) is 39.7 Å². The van der Waals surface area contributed by atoms with E-state index in [0.29, 0.717) is 12.0 Å². The fourth-order valence-electron chi connectivity index (χ4n) is 2.86. The summed E-state index contributed by atoms with van der Waals surface area (Å²) in [5, 5.41) is 0. The van der Waals surface area contributed by atoms with Crippen LogP contribution in [-0.2, 0) is 11.2 Å². The van der Waals surface area contributed by atoms with Crippen LogP contribution in [-0.4, -0.2) is 11.9 Å². The van der Waals surface area contributed by atoms with E-state index in [2.05, 4.69) is 41.9 Å². The molecule has 1 heterocycles. The van der Waals surface area contributed by atoms with E-state index in [1.165, 1.54) is 5.56 Å². The minimum atomic E-state index is 0.145. The number of carbonyl (C=O) groups excluding carboxylic acids is 1. The third-order valence-corrected chi connectivity index (χ3v) is 4.08. The fourth-order valence-corrected chi connectivity index (χ4v) is 3.27. The third kappa shape index (κ3) is 2.25. The highest BCUT2D eigenvalue weighted by Gasteiger charge is 2.32. The summed E-state index contributed by atoms with van der Waals surface area (Å²) in [7, 11) is 0. The van der Waals surface area contributed by atoms with Crippen LogP contribution in [0.15, 0.2) is 22.7 Å². The Morgan fingerprint density at radius 1 is 1.53 bits per heavy atom. The van der Waals surface area contributed by atoms with Gasteiger partial charge in [0.25, 0.3) is 0 Å². The zero-order valence-electron chi connectivity index (χ0n) is 10.5. The Morgan fingerprint density at radius 2 is 2.24 bits per heavy atom. The first kappa shape index (κ1) is 12.6. The molecule has 0 saturated carbocycles. The van der Waals surface area contributed by atoms with Crippen molar-refractivity contribution in [3.05, 3.63) is 28.2 Å². The van der Waals surface area contributed by atoms with Gasteiger partial charge in [-0.15, -0.1) is 0 Å². The first-order chi connectivity index (χ1) is 8.04. The number of fused-ring (bicyclic) bond motifs is 1. The van der Waals surface area contributed by atoms with E-state index in [1.54, 1.807) is 6.92 Å². The van der Waals surface area contributed by atoms with Crippen LogP contribution in [0.4, 0.5) is 5.69 Å². The van der Waals surface area contributed by atoms with Gasteiger partial charge in [-0.1, -0.05) is 29.8 Å². The van der Waals surface area contributed by atoms with Crippen molar-refractivity contribution in [1.29, 1.82) is 0 Å².